The summed E-state index contributed by atoms with van der Waals surface area (Å²) in [6, 6.07) is -0.205. The smallest absolute Gasteiger partial charge is 0.237 e. The number of amides is 1. The molecule has 1 amide bonds. The van der Waals surface area contributed by atoms with Crippen molar-refractivity contribution in [3.05, 3.63) is 0 Å². The van der Waals surface area contributed by atoms with Gasteiger partial charge in [0.05, 0.1) is 6.04 Å². The minimum Gasteiger partial charge on any atom is -0.385 e. The van der Waals surface area contributed by atoms with E-state index < -0.39 is 0 Å². The van der Waals surface area contributed by atoms with Gasteiger partial charge in [-0.05, 0) is 26.2 Å². The molecule has 104 valence electrons. The van der Waals surface area contributed by atoms with Gasteiger partial charge in [0.1, 0.15) is 5.78 Å². The molecule has 0 bridgehead atoms. The van der Waals surface area contributed by atoms with Crippen molar-refractivity contribution >= 4 is 11.7 Å². The minimum absolute atomic E-state index is 0.0193. The van der Waals surface area contributed by atoms with Crippen molar-refractivity contribution in [2.45, 2.75) is 39.3 Å². The van der Waals surface area contributed by atoms with Gasteiger partial charge in [-0.15, -0.1) is 0 Å². The topological polar surface area (TPSA) is 67.4 Å². The number of rotatable bonds is 6. The van der Waals surface area contributed by atoms with Crippen LogP contribution in [0.3, 0.4) is 0 Å². The maximum Gasteiger partial charge on any atom is 0.237 e. The highest BCUT2D eigenvalue weighted by Gasteiger charge is 2.43. The molecule has 0 aromatic carbocycles. The molecule has 5 nitrogen and oxygen atoms in total. The Labute approximate surface area is 109 Å². The Morgan fingerprint density at radius 3 is 2.50 bits per heavy atom. The van der Waals surface area contributed by atoms with Crippen molar-refractivity contribution in [2.24, 2.45) is 11.8 Å². The first-order valence-corrected chi connectivity index (χ1v) is 6.52. The third kappa shape index (κ3) is 3.53. The van der Waals surface area contributed by atoms with Crippen molar-refractivity contribution in [1.82, 2.24) is 10.6 Å². The molecule has 0 radical (unpaired) electrons. The van der Waals surface area contributed by atoms with Crippen molar-refractivity contribution in [1.29, 1.82) is 0 Å². The van der Waals surface area contributed by atoms with Gasteiger partial charge in [-0.2, -0.15) is 0 Å². The van der Waals surface area contributed by atoms with E-state index in [1.165, 1.54) is 0 Å². The number of hydrogen-bond donors (Lipinski definition) is 2. The molecule has 1 fully saturated rings. The zero-order chi connectivity index (χ0) is 13.7. The molecule has 4 atom stereocenters. The number of Topliss-reactive ketones (excluding diaryl/α,β-unsaturated/α-hetero) is 1. The van der Waals surface area contributed by atoms with E-state index in [-0.39, 0.29) is 35.6 Å². The number of carbonyl (C=O) groups excluding carboxylic acids is 2. The van der Waals surface area contributed by atoms with Gasteiger partial charge in [-0.25, -0.2) is 0 Å². The van der Waals surface area contributed by atoms with E-state index in [1.54, 1.807) is 14.0 Å². The van der Waals surface area contributed by atoms with Crippen molar-refractivity contribution < 1.29 is 14.3 Å². The monoisotopic (exact) mass is 256 g/mol. The summed E-state index contributed by atoms with van der Waals surface area (Å²) < 4.78 is 4.92. The molecule has 0 saturated carbocycles. The molecule has 4 unspecified atom stereocenters. The quantitative estimate of drug-likeness (QED) is 0.673. The molecule has 0 spiro atoms. The SMILES string of the molecule is COCCCNC(=O)C1NC(C)C(C(C)=O)C1C. The summed E-state index contributed by atoms with van der Waals surface area (Å²) in [7, 11) is 1.64. The maximum atomic E-state index is 12.0. The van der Waals surface area contributed by atoms with Gasteiger partial charge in [0.15, 0.2) is 0 Å². The van der Waals surface area contributed by atoms with Crippen molar-refractivity contribution in [3.63, 3.8) is 0 Å². The van der Waals surface area contributed by atoms with E-state index in [0.29, 0.717) is 13.2 Å². The molecule has 1 aliphatic heterocycles. The van der Waals surface area contributed by atoms with Gasteiger partial charge in [0.2, 0.25) is 5.91 Å². The van der Waals surface area contributed by atoms with Crippen LogP contribution in [-0.2, 0) is 14.3 Å². The van der Waals surface area contributed by atoms with Gasteiger partial charge in [-0.3, -0.25) is 9.59 Å². The first-order valence-electron chi connectivity index (χ1n) is 6.52. The number of carbonyl (C=O) groups is 2. The second kappa shape index (κ2) is 6.85. The average molecular weight is 256 g/mol. The summed E-state index contributed by atoms with van der Waals surface area (Å²) in [5.74, 6) is 0.103. The van der Waals surface area contributed by atoms with E-state index in [0.717, 1.165) is 6.42 Å². The van der Waals surface area contributed by atoms with Crippen LogP contribution in [0.1, 0.15) is 27.2 Å². The Hall–Kier alpha value is -0.940. The Balaban J connectivity index is 2.47. The third-order valence-electron chi connectivity index (χ3n) is 3.65. The molecule has 18 heavy (non-hydrogen) atoms. The number of ketones is 1. The molecule has 0 aromatic rings. The fourth-order valence-electron chi connectivity index (χ4n) is 2.78. The van der Waals surface area contributed by atoms with Crippen LogP contribution in [-0.4, -0.2) is 44.0 Å². The fourth-order valence-corrected chi connectivity index (χ4v) is 2.78. The average Bonchev–Trinajstić information content (AvgIpc) is 2.60. The lowest BCUT2D eigenvalue weighted by Crippen LogP contribution is -2.44. The van der Waals surface area contributed by atoms with E-state index in [1.807, 2.05) is 13.8 Å². The predicted octanol–water partition coefficient (Wildman–Crippen LogP) is 0.341. The lowest BCUT2D eigenvalue weighted by molar-refractivity contribution is -0.124. The molecule has 2 N–H and O–H groups in total. The molecule has 0 aromatic heterocycles. The molecule has 1 aliphatic rings. The summed E-state index contributed by atoms with van der Waals surface area (Å²) in [5.41, 5.74) is 0. The first kappa shape index (κ1) is 15.1. The zero-order valence-electron chi connectivity index (χ0n) is 11.7. The highest BCUT2D eigenvalue weighted by Crippen LogP contribution is 2.28. The number of hydrogen-bond acceptors (Lipinski definition) is 4. The maximum absolute atomic E-state index is 12.0. The molecule has 1 heterocycles. The van der Waals surface area contributed by atoms with Crippen LogP contribution in [0.5, 0.6) is 0 Å². The van der Waals surface area contributed by atoms with Gasteiger partial charge in [0, 0.05) is 32.2 Å². The normalized spacial score (nSPS) is 31.3. The number of methoxy groups -OCH3 is 1. The standard InChI is InChI=1S/C13H24N2O3/c1-8-11(10(3)16)9(2)15-12(8)13(17)14-6-5-7-18-4/h8-9,11-12,15H,5-7H2,1-4H3,(H,14,17). The van der Waals surface area contributed by atoms with Crippen LogP contribution >= 0.6 is 0 Å². The van der Waals surface area contributed by atoms with Gasteiger partial charge in [0.25, 0.3) is 0 Å². The number of nitrogens with one attached hydrogen (secondary N) is 2. The van der Waals surface area contributed by atoms with Gasteiger partial charge < -0.3 is 15.4 Å². The predicted molar refractivity (Wildman–Crippen MR) is 69.2 cm³/mol. The van der Waals surface area contributed by atoms with E-state index in [2.05, 4.69) is 10.6 Å². The molecule has 0 aliphatic carbocycles. The van der Waals surface area contributed by atoms with E-state index in [9.17, 15) is 9.59 Å². The Morgan fingerprint density at radius 1 is 1.33 bits per heavy atom. The highest BCUT2D eigenvalue weighted by molar-refractivity contribution is 5.86. The van der Waals surface area contributed by atoms with Crippen molar-refractivity contribution in [2.75, 3.05) is 20.3 Å². The van der Waals surface area contributed by atoms with Crippen LogP contribution in [0, 0.1) is 11.8 Å². The van der Waals surface area contributed by atoms with Gasteiger partial charge >= 0.3 is 0 Å². The van der Waals surface area contributed by atoms with E-state index >= 15 is 0 Å². The van der Waals surface area contributed by atoms with E-state index in [4.69, 9.17) is 4.74 Å². The summed E-state index contributed by atoms with van der Waals surface area (Å²) in [5, 5.41) is 6.09. The van der Waals surface area contributed by atoms with Crippen molar-refractivity contribution in [3.8, 4) is 0 Å². The van der Waals surface area contributed by atoms with Crippen LogP contribution in [0.2, 0.25) is 0 Å². The Morgan fingerprint density at radius 2 is 2.00 bits per heavy atom. The molecular formula is C13H24N2O3. The van der Waals surface area contributed by atoms with Crippen LogP contribution in [0.15, 0.2) is 0 Å². The molecular weight excluding hydrogens is 232 g/mol. The summed E-state index contributed by atoms with van der Waals surface area (Å²) in [6.45, 7) is 6.76. The van der Waals surface area contributed by atoms with Crippen LogP contribution in [0.25, 0.3) is 0 Å². The summed E-state index contributed by atoms with van der Waals surface area (Å²) >= 11 is 0. The fraction of sp³-hybridized carbons (Fsp3) is 0.846. The first-order chi connectivity index (χ1) is 8.49. The number of ether oxygens (including phenoxy) is 1. The molecule has 1 saturated heterocycles. The molecule has 5 heteroatoms. The summed E-state index contributed by atoms with van der Waals surface area (Å²) in [6.07, 6.45) is 0.801. The van der Waals surface area contributed by atoms with Gasteiger partial charge in [-0.1, -0.05) is 6.92 Å². The second-order valence-electron chi connectivity index (χ2n) is 5.07. The Kier molecular flexibility index (Phi) is 5.75. The second-order valence-corrected chi connectivity index (χ2v) is 5.07. The van der Waals surface area contributed by atoms with Crippen LogP contribution < -0.4 is 10.6 Å². The lowest BCUT2D eigenvalue weighted by Gasteiger charge is -2.18. The third-order valence-corrected chi connectivity index (χ3v) is 3.65. The Bertz CT molecular complexity index is 307. The highest BCUT2D eigenvalue weighted by atomic mass is 16.5. The molecule has 1 rings (SSSR count). The lowest BCUT2D eigenvalue weighted by atomic mass is 9.86. The van der Waals surface area contributed by atoms with Crippen LogP contribution in [0.4, 0.5) is 0 Å². The summed E-state index contributed by atoms with van der Waals surface area (Å²) in [4.78, 5) is 23.6. The minimum atomic E-state index is -0.267. The largest absolute Gasteiger partial charge is 0.385 e. The zero-order valence-corrected chi connectivity index (χ0v) is 11.7.